The molecule has 4 nitrogen and oxygen atoms in total. The molecular weight excluding hydrogens is 240 g/mol. The molecular formula is C15H22N2O2. The number of nitrogens with one attached hydrogen (secondary N) is 1. The Hall–Kier alpha value is -0.970. The van der Waals surface area contributed by atoms with E-state index in [2.05, 4.69) is 16.4 Å². The van der Waals surface area contributed by atoms with Crippen molar-refractivity contribution in [2.24, 2.45) is 5.41 Å². The largest absolute Gasteiger partial charge is 0.377 e. The third kappa shape index (κ3) is 2.96. The molecule has 1 aromatic heterocycles. The molecule has 0 amide bonds. The molecule has 2 aliphatic heterocycles. The van der Waals surface area contributed by atoms with Gasteiger partial charge in [0.2, 0.25) is 0 Å². The van der Waals surface area contributed by atoms with Crippen LogP contribution in [0.3, 0.4) is 0 Å². The summed E-state index contributed by atoms with van der Waals surface area (Å²) >= 11 is 0. The minimum absolute atomic E-state index is 0.179. The zero-order valence-electron chi connectivity index (χ0n) is 11.3. The molecule has 2 atom stereocenters. The molecule has 19 heavy (non-hydrogen) atoms. The van der Waals surface area contributed by atoms with Gasteiger partial charge < -0.3 is 14.8 Å². The summed E-state index contributed by atoms with van der Waals surface area (Å²) in [4.78, 5) is 4.11. The highest BCUT2D eigenvalue weighted by molar-refractivity contribution is 5.07. The van der Waals surface area contributed by atoms with Crippen molar-refractivity contribution in [2.75, 3.05) is 26.3 Å². The summed E-state index contributed by atoms with van der Waals surface area (Å²) in [5, 5.41) is 3.50. The summed E-state index contributed by atoms with van der Waals surface area (Å²) in [7, 11) is 0. The number of pyridine rings is 1. The fraction of sp³-hybridized carbons (Fsp3) is 0.667. The van der Waals surface area contributed by atoms with E-state index in [-0.39, 0.29) is 5.41 Å². The average molecular weight is 262 g/mol. The lowest BCUT2D eigenvalue weighted by Crippen LogP contribution is -2.55. The number of aromatic nitrogens is 1. The van der Waals surface area contributed by atoms with Crippen molar-refractivity contribution in [2.45, 2.75) is 32.0 Å². The van der Waals surface area contributed by atoms with Crippen LogP contribution in [0.5, 0.6) is 0 Å². The van der Waals surface area contributed by atoms with Crippen molar-refractivity contribution in [3.8, 4) is 0 Å². The molecule has 3 rings (SSSR count). The van der Waals surface area contributed by atoms with E-state index < -0.39 is 0 Å². The SMILES string of the molecule is c1cncc(COCC23CCCOC2CCNC3)c1. The minimum atomic E-state index is 0.179. The van der Waals surface area contributed by atoms with Gasteiger partial charge in [-0.15, -0.1) is 0 Å². The molecule has 0 bridgehead atoms. The Balaban J connectivity index is 1.57. The number of nitrogens with zero attached hydrogens (tertiary/aromatic N) is 1. The maximum atomic E-state index is 5.96. The number of piperidine rings is 1. The monoisotopic (exact) mass is 262 g/mol. The van der Waals surface area contributed by atoms with Crippen LogP contribution in [-0.2, 0) is 16.1 Å². The van der Waals surface area contributed by atoms with Gasteiger partial charge in [-0.05, 0) is 37.4 Å². The van der Waals surface area contributed by atoms with Crippen LogP contribution in [-0.4, -0.2) is 37.4 Å². The second-order valence-electron chi connectivity index (χ2n) is 5.64. The first-order chi connectivity index (χ1) is 9.39. The topological polar surface area (TPSA) is 43.4 Å². The number of hydrogen-bond donors (Lipinski definition) is 1. The van der Waals surface area contributed by atoms with Crippen molar-refractivity contribution < 1.29 is 9.47 Å². The Morgan fingerprint density at radius 3 is 3.42 bits per heavy atom. The third-order valence-corrected chi connectivity index (χ3v) is 4.26. The van der Waals surface area contributed by atoms with E-state index in [9.17, 15) is 0 Å². The second-order valence-corrected chi connectivity index (χ2v) is 5.64. The van der Waals surface area contributed by atoms with Crippen LogP contribution in [0, 0.1) is 5.41 Å². The van der Waals surface area contributed by atoms with Gasteiger partial charge in [0, 0.05) is 31.0 Å². The van der Waals surface area contributed by atoms with Crippen molar-refractivity contribution in [3.63, 3.8) is 0 Å². The van der Waals surface area contributed by atoms with Crippen LogP contribution in [0.2, 0.25) is 0 Å². The molecule has 2 fully saturated rings. The zero-order chi connectivity index (χ0) is 13.0. The van der Waals surface area contributed by atoms with Crippen molar-refractivity contribution in [1.29, 1.82) is 0 Å². The van der Waals surface area contributed by atoms with Crippen LogP contribution in [0.15, 0.2) is 24.5 Å². The van der Waals surface area contributed by atoms with Gasteiger partial charge >= 0.3 is 0 Å². The molecule has 1 N–H and O–H groups in total. The van der Waals surface area contributed by atoms with E-state index in [4.69, 9.17) is 9.47 Å². The van der Waals surface area contributed by atoms with Crippen molar-refractivity contribution in [3.05, 3.63) is 30.1 Å². The molecule has 2 saturated heterocycles. The zero-order valence-corrected chi connectivity index (χ0v) is 11.3. The Morgan fingerprint density at radius 1 is 1.53 bits per heavy atom. The fourth-order valence-electron chi connectivity index (χ4n) is 3.22. The molecule has 0 aromatic carbocycles. The van der Waals surface area contributed by atoms with Gasteiger partial charge in [0.05, 0.1) is 19.3 Å². The van der Waals surface area contributed by atoms with Gasteiger partial charge in [0.25, 0.3) is 0 Å². The molecule has 2 unspecified atom stereocenters. The molecule has 4 heteroatoms. The molecule has 0 aliphatic carbocycles. The summed E-state index contributed by atoms with van der Waals surface area (Å²) in [5.74, 6) is 0. The maximum absolute atomic E-state index is 5.96. The van der Waals surface area contributed by atoms with E-state index >= 15 is 0 Å². The smallest absolute Gasteiger partial charge is 0.0732 e. The Labute approximate surface area is 114 Å². The Kier molecular flexibility index (Phi) is 4.11. The fourth-order valence-corrected chi connectivity index (χ4v) is 3.22. The number of fused-ring (bicyclic) bond motifs is 1. The number of hydrogen-bond acceptors (Lipinski definition) is 4. The van der Waals surface area contributed by atoms with E-state index in [1.807, 2.05) is 12.3 Å². The quantitative estimate of drug-likeness (QED) is 0.898. The Morgan fingerprint density at radius 2 is 2.53 bits per heavy atom. The van der Waals surface area contributed by atoms with Crippen LogP contribution in [0.4, 0.5) is 0 Å². The molecule has 1 aromatic rings. The van der Waals surface area contributed by atoms with Crippen LogP contribution in [0.1, 0.15) is 24.8 Å². The summed E-state index contributed by atoms with van der Waals surface area (Å²) in [5.41, 5.74) is 1.31. The van der Waals surface area contributed by atoms with Gasteiger partial charge in [0.1, 0.15) is 0 Å². The highest BCUT2D eigenvalue weighted by Gasteiger charge is 2.43. The summed E-state index contributed by atoms with van der Waals surface area (Å²) in [6.45, 7) is 4.41. The van der Waals surface area contributed by atoms with E-state index in [0.29, 0.717) is 12.7 Å². The molecule has 2 aliphatic rings. The second kappa shape index (κ2) is 5.99. The highest BCUT2D eigenvalue weighted by Crippen LogP contribution is 2.38. The maximum Gasteiger partial charge on any atom is 0.0732 e. The predicted molar refractivity (Wildman–Crippen MR) is 72.8 cm³/mol. The van der Waals surface area contributed by atoms with Crippen LogP contribution < -0.4 is 5.32 Å². The minimum Gasteiger partial charge on any atom is -0.377 e. The predicted octanol–water partition coefficient (Wildman–Crippen LogP) is 1.76. The van der Waals surface area contributed by atoms with Crippen molar-refractivity contribution >= 4 is 0 Å². The van der Waals surface area contributed by atoms with Gasteiger partial charge in [-0.3, -0.25) is 4.98 Å². The van der Waals surface area contributed by atoms with Gasteiger partial charge in [-0.2, -0.15) is 0 Å². The van der Waals surface area contributed by atoms with Gasteiger partial charge in [-0.1, -0.05) is 6.07 Å². The summed E-state index contributed by atoms with van der Waals surface area (Å²) < 4.78 is 11.9. The first kappa shape index (κ1) is 13.0. The highest BCUT2D eigenvalue weighted by atomic mass is 16.5. The lowest BCUT2D eigenvalue weighted by molar-refractivity contribution is -0.132. The number of rotatable bonds is 4. The Bertz CT molecular complexity index is 384. The molecule has 0 spiro atoms. The molecule has 104 valence electrons. The summed E-state index contributed by atoms with van der Waals surface area (Å²) in [6, 6.07) is 4.00. The summed E-state index contributed by atoms with van der Waals surface area (Å²) in [6.07, 6.45) is 7.49. The van der Waals surface area contributed by atoms with Gasteiger partial charge in [-0.25, -0.2) is 0 Å². The first-order valence-electron chi connectivity index (χ1n) is 7.18. The first-order valence-corrected chi connectivity index (χ1v) is 7.18. The van der Waals surface area contributed by atoms with E-state index in [1.165, 1.54) is 6.42 Å². The lowest BCUT2D eigenvalue weighted by Gasteiger charge is -2.47. The molecule has 3 heterocycles. The van der Waals surface area contributed by atoms with Crippen LogP contribution in [0.25, 0.3) is 0 Å². The third-order valence-electron chi connectivity index (χ3n) is 4.26. The van der Waals surface area contributed by atoms with Gasteiger partial charge in [0.15, 0.2) is 0 Å². The molecule has 0 radical (unpaired) electrons. The standard InChI is InChI=1S/C15H22N2O2/c1-3-13(9-16-6-1)10-18-12-15-5-2-8-19-14(15)4-7-17-11-15/h1,3,6,9,14,17H,2,4-5,7-8,10-12H2. The van der Waals surface area contributed by atoms with Crippen LogP contribution >= 0.6 is 0 Å². The average Bonchev–Trinajstić information content (AvgIpc) is 2.48. The lowest BCUT2D eigenvalue weighted by atomic mass is 9.73. The normalized spacial score (nSPS) is 30.8. The van der Waals surface area contributed by atoms with E-state index in [1.54, 1.807) is 6.20 Å². The molecule has 0 saturated carbocycles. The van der Waals surface area contributed by atoms with Crippen molar-refractivity contribution in [1.82, 2.24) is 10.3 Å². The number of ether oxygens (including phenoxy) is 2. The van der Waals surface area contributed by atoms with E-state index in [0.717, 1.165) is 44.7 Å².